The second kappa shape index (κ2) is 3.34. The highest BCUT2D eigenvalue weighted by molar-refractivity contribution is 5.95. The number of hydrogen-bond donors (Lipinski definition) is 1. The maximum Gasteiger partial charge on any atom is 0.259 e. The fraction of sp³-hybridized carbons (Fsp3) is 0.600. The van der Waals surface area contributed by atoms with E-state index in [2.05, 4.69) is 5.16 Å². The second-order valence-electron chi connectivity index (χ2n) is 4.03. The lowest BCUT2D eigenvalue weighted by Crippen LogP contribution is -2.63. The minimum Gasteiger partial charge on any atom is -0.386 e. The highest BCUT2D eigenvalue weighted by Gasteiger charge is 2.42. The van der Waals surface area contributed by atoms with E-state index in [1.54, 1.807) is 11.8 Å². The summed E-state index contributed by atoms with van der Waals surface area (Å²) >= 11 is 0. The molecule has 1 amide bonds. The van der Waals surface area contributed by atoms with Gasteiger partial charge >= 0.3 is 0 Å². The number of likely N-dealkylation sites (tertiary alicyclic amines) is 1. The van der Waals surface area contributed by atoms with Gasteiger partial charge in [-0.3, -0.25) is 4.79 Å². The number of rotatable bonds is 2. The van der Waals surface area contributed by atoms with Gasteiger partial charge in [-0.05, 0) is 13.3 Å². The largest absolute Gasteiger partial charge is 0.386 e. The fourth-order valence-electron chi connectivity index (χ4n) is 1.71. The Bertz CT molecular complexity index is 380. The third-order valence-corrected chi connectivity index (χ3v) is 2.90. The van der Waals surface area contributed by atoms with Crippen LogP contribution in [0, 0.1) is 6.92 Å². The summed E-state index contributed by atoms with van der Waals surface area (Å²) in [7, 11) is 0. The van der Waals surface area contributed by atoms with Crippen LogP contribution in [0.2, 0.25) is 0 Å². The molecule has 1 fully saturated rings. The van der Waals surface area contributed by atoms with Crippen molar-refractivity contribution in [2.24, 2.45) is 0 Å². The molecule has 0 bridgehead atoms. The van der Waals surface area contributed by atoms with E-state index in [0.717, 1.165) is 0 Å². The predicted molar refractivity (Wildman–Crippen MR) is 52.4 cm³/mol. The van der Waals surface area contributed by atoms with Gasteiger partial charge in [0, 0.05) is 0 Å². The quantitative estimate of drug-likeness (QED) is 0.775. The lowest BCUT2D eigenvalue weighted by molar-refractivity contribution is -0.0827. The van der Waals surface area contributed by atoms with Crippen LogP contribution in [0.25, 0.3) is 0 Å². The summed E-state index contributed by atoms with van der Waals surface area (Å²) < 4.78 is 4.82. The van der Waals surface area contributed by atoms with E-state index in [4.69, 9.17) is 4.52 Å². The molecule has 1 saturated heterocycles. The van der Waals surface area contributed by atoms with Crippen molar-refractivity contribution in [1.82, 2.24) is 10.1 Å². The van der Waals surface area contributed by atoms with Gasteiger partial charge in [-0.2, -0.15) is 0 Å². The monoisotopic (exact) mass is 210 g/mol. The number of aromatic nitrogens is 1. The van der Waals surface area contributed by atoms with Gasteiger partial charge in [0.1, 0.15) is 11.3 Å². The van der Waals surface area contributed by atoms with Crippen LogP contribution in [-0.4, -0.2) is 39.8 Å². The van der Waals surface area contributed by atoms with E-state index in [1.807, 2.05) is 6.92 Å². The Morgan fingerprint density at radius 3 is 2.87 bits per heavy atom. The van der Waals surface area contributed by atoms with Gasteiger partial charge in [0.25, 0.3) is 5.91 Å². The van der Waals surface area contributed by atoms with Crippen LogP contribution >= 0.6 is 0 Å². The van der Waals surface area contributed by atoms with Crippen molar-refractivity contribution in [3.8, 4) is 0 Å². The molecule has 15 heavy (non-hydrogen) atoms. The Morgan fingerprint density at radius 1 is 1.73 bits per heavy atom. The first-order valence-electron chi connectivity index (χ1n) is 4.99. The molecule has 0 radical (unpaired) electrons. The maximum atomic E-state index is 11.8. The molecular formula is C10H14N2O3. The average Bonchev–Trinajstić information content (AvgIpc) is 2.58. The Labute approximate surface area is 87.7 Å². The summed E-state index contributed by atoms with van der Waals surface area (Å²) in [5, 5.41) is 13.3. The smallest absolute Gasteiger partial charge is 0.259 e. The first-order valence-corrected chi connectivity index (χ1v) is 4.99. The van der Waals surface area contributed by atoms with Crippen molar-refractivity contribution in [3.63, 3.8) is 0 Å². The number of carbonyl (C=O) groups excluding carboxylic acids is 1. The molecule has 5 heteroatoms. The summed E-state index contributed by atoms with van der Waals surface area (Å²) in [4.78, 5) is 13.4. The van der Waals surface area contributed by atoms with Crippen LogP contribution in [-0.2, 0) is 0 Å². The third-order valence-electron chi connectivity index (χ3n) is 2.90. The minimum atomic E-state index is -0.694. The van der Waals surface area contributed by atoms with Crippen LogP contribution in [0.1, 0.15) is 29.5 Å². The van der Waals surface area contributed by atoms with Crippen LogP contribution in [0.5, 0.6) is 0 Å². The van der Waals surface area contributed by atoms with E-state index in [0.29, 0.717) is 30.8 Å². The van der Waals surface area contributed by atoms with Gasteiger partial charge in [0.2, 0.25) is 0 Å². The molecule has 1 aromatic rings. The molecule has 2 rings (SSSR count). The van der Waals surface area contributed by atoms with Crippen LogP contribution in [0.4, 0.5) is 0 Å². The van der Waals surface area contributed by atoms with Crippen molar-refractivity contribution >= 4 is 5.91 Å². The Morgan fingerprint density at radius 2 is 2.40 bits per heavy atom. The molecule has 1 N–H and O–H groups in total. The summed E-state index contributed by atoms with van der Waals surface area (Å²) in [5.74, 6) is 0.402. The molecule has 5 nitrogen and oxygen atoms in total. The molecule has 1 aliphatic heterocycles. The van der Waals surface area contributed by atoms with Crippen LogP contribution in [0.3, 0.4) is 0 Å². The third kappa shape index (κ3) is 1.63. The lowest BCUT2D eigenvalue weighted by atomic mass is 9.91. The number of β-amino-alcohol motifs (C(OH)–C–C–N with tert-alkyl or cyclic N) is 1. The summed E-state index contributed by atoms with van der Waals surface area (Å²) in [5.41, 5.74) is -0.214. The first kappa shape index (κ1) is 10.2. The highest BCUT2D eigenvalue weighted by Crippen LogP contribution is 2.26. The minimum absolute atomic E-state index is 0.119. The summed E-state index contributed by atoms with van der Waals surface area (Å²) in [6, 6.07) is 0. The number of aryl methyl sites for hydroxylation is 1. The van der Waals surface area contributed by atoms with Gasteiger partial charge in [-0.15, -0.1) is 0 Å². The SMILES string of the molecule is CCC1(O)CN(C(=O)c2cnoc2C)C1. The van der Waals surface area contributed by atoms with Crippen molar-refractivity contribution in [2.45, 2.75) is 25.9 Å². The summed E-state index contributed by atoms with van der Waals surface area (Å²) in [6.07, 6.45) is 2.08. The normalized spacial score (nSPS) is 18.7. The van der Waals surface area contributed by atoms with Crippen LogP contribution in [0.15, 0.2) is 10.7 Å². The molecule has 0 unspecified atom stereocenters. The van der Waals surface area contributed by atoms with E-state index in [-0.39, 0.29) is 5.91 Å². The topological polar surface area (TPSA) is 66.6 Å². The molecular weight excluding hydrogens is 196 g/mol. The molecule has 1 aromatic heterocycles. The number of aliphatic hydroxyl groups is 1. The maximum absolute atomic E-state index is 11.8. The average molecular weight is 210 g/mol. The molecule has 0 aromatic carbocycles. The lowest BCUT2D eigenvalue weighted by Gasteiger charge is -2.45. The fourth-order valence-corrected chi connectivity index (χ4v) is 1.71. The van der Waals surface area contributed by atoms with Gasteiger partial charge in [-0.1, -0.05) is 12.1 Å². The second-order valence-corrected chi connectivity index (χ2v) is 4.03. The molecule has 0 atom stereocenters. The Balaban J connectivity index is 2.04. The van der Waals surface area contributed by atoms with Crippen molar-refractivity contribution < 1.29 is 14.4 Å². The van der Waals surface area contributed by atoms with E-state index in [1.165, 1.54) is 6.20 Å². The molecule has 1 aliphatic rings. The van der Waals surface area contributed by atoms with Crippen molar-refractivity contribution in [2.75, 3.05) is 13.1 Å². The van der Waals surface area contributed by atoms with Crippen LogP contribution < -0.4 is 0 Å². The van der Waals surface area contributed by atoms with Gasteiger partial charge in [0.05, 0.1) is 24.9 Å². The molecule has 82 valence electrons. The molecule has 0 spiro atoms. The van der Waals surface area contributed by atoms with Gasteiger partial charge in [0.15, 0.2) is 0 Å². The molecule has 0 saturated carbocycles. The highest BCUT2D eigenvalue weighted by atomic mass is 16.5. The Kier molecular flexibility index (Phi) is 2.26. The number of amides is 1. The number of nitrogens with zero attached hydrogens (tertiary/aromatic N) is 2. The number of hydrogen-bond acceptors (Lipinski definition) is 4. The van der Waals surface area contributed by atoms with E-state index < -0.39 is 5.60 Å². The zero-order valence-corrected chi connectivity index (χ0v) is 8.86. The summed E-state index contributed by atoms with van der Waals surface area (Å²) in [6.45, 7) is 4.40. The zero-order valence-electron chi connectivity index (χ0n) is 8.86. The van der Waals surface area contributed by atoms with Crippen molar-refractivity contribution in [1.29, 1.82) is 0 Å². The predicted octanol–water partition coefficient (Wildman–Crippen LogP) is 0.580. The first-order chi connectivity index (χ1) is 7.06. The van der Waals surface area contributed by atoms with E-state index >= 15 is 0 Å². The molecule has 0 aliphatic carbocycles. The standard InChI is InChI=1S/C10H14N2O3/c1-3-10(14)5-12(6-10)9(13)8-4-11-15-7(8)2/h4,14H,3,5-6H2,1-2H3. The van der Waals surface area contributed by atoms with Gasteiger partial charge in [-0.25, -0.2) is 0 Å². The molecule has 2 heterocycles. The van der Waals surface area contributed by atoms with Gasteiger partial charge < -0.3 is 14.5 Å². The van der Waals surface area contributed by atoms with Crippen molar-refractivity contribution in [3.05, 3.63) is 17.5 Å². The zero-order chi connectivity index (χ0) is 11.1. The van der Waals surface area contributed by atoms with E-state index in [9.17, 15) is 9.90 Å². The number of carbonyl (C=O) groups is 1. The Hall–Kier alpha value is -1.36.